The molecule has 1 unspecified atom stereocenters. The summed E-state index contributed by atoms with van der Waals surface area (Å²) in [5.74, 6) is 0. The van der Waals surface area contributed by atoms with Gasteiger partial charge in [-0.05, 0) is 13.8 Å². The summed E-state index contributed by atoms with van der Waals surface area (Å²) in [6.07, 6.45) is 0.239. The zero-order valence-electron chi connectivity index (χ0n) is 7.28. The van der Waals surface area contributed by atoms with E-state index >= 15 is 0 Å². The third-order valence-electron chi connectivity index (χ3n) is 1.87. The minimum Gasteiger partial charge on any atom is -0.449 e. The van der Waals surface area contributed by atoms with Crippen molar-refractivity contribution in [2.24, 2.45) is 0 Å². The zero-order chi connectivity index (χ0) is 9.14. The number of hydrogen-bond donors (Lipinski definition) is 0. The van der Waals surface area contributed by atoms with Crippen LogP contribution in [0.4, 0.5) is 4.79 Å². The van der Waals surface area contributed by atoms with Crippen LogP contribution in [0.3, 0.4) is 0 Å². The van der Waals surface area contributed by atoms with Gasteiger partial charge in [0, 0.05) is 12.5 Å². The third-order valence-corrected chi connectivity index (χ3v) is 1.87. The lowest BCUT2D eigenvalue weighted by molar-refractivity contribution is 0.0451. The first-order chi connectivity index (χ1) is 5.66. The molecule has 4 nitrogen and oxygen atoms in total. The van der Waals surface area contributed by atoms with Gasteiger partial charge in [0.15, 0.2) is 0 Å². The van der Waals surface area contributed by atoms with Gasteiger partial charge in [0.2, 0.25) is 0 Å². The zero-order valence-corrected chi connectivity index (χ0v) is 7.28. The molecule has 0 saturated carbocycles. The molecule has 0 aliphatic carbocycles. The van der Waals surface area contributed by atoms with Crippen LogP contribution in [0.15, 0.2) is 0 Å². The monoisotopic (exact) mass is 168 g/mol. The van der Waals surface area contributed by atoms with Gasteiger partial charge in [-0.3, -0.25) is 4.90 Å². The summed E-state index contributed by atoms with van der Waals surface area (Å²) in [4.78, 5) is 12.6. The summed E-state index contributed by atoms with van der Waals surface area (Å²) in [6.45, 7) is 4.11. The number of rotatable bonds is 1. The predicted octanol–water partition coefficient (Wildman–Crippen LogP) is 1.13. The lowest BCUT2D eigenvalue weighted by Crippen LogP contribution is -2.48. The Bertz CT molecular complexity index is 220. The second-order valence-electron chi connectivity index (χ2n) is 3.05. The second kappa shape index (κ2) is 3.44. The molecule has 1 rings (SSSR count). The maximum absolute atomic E-state index is 11.2. The maximum Gasteiger partial charge on any atom is 0.411 e. The molecule has 0 spiro atoms. The van der Waals surface area contributed by atoms with Crippen LogP contribution in [0.25, 0.3) is 0 Å². The average Bonchev–Trinajstić information content (AvgIpc) is 2.03. The van der Waals surface area contributed by atoms with Crippen LogP contribution in [-0.2, 0) is 4.74 Å². The van der Waals surface area contributed by atoms with Crippen LogP contribution in [0.5, 0.6) is 0 Å². The lowest BCUT2D eigenvalue weighted by Gasteiger charge is -2.33. The predicted molar refractivity (Wildman–Crippen MR) is 42.3 cm³/mol. The molecule has 0 aromatic carbocycles. The molecule has 0 aromatic rings. The Morgan fingerprint density at radius 3 is 2.83 bits per heavy atom. The molecule has 0 aromatic heterocycles. The molecule has 0 radical (unpaired) electrons. The Labute approximate surface area is 71.7 Å². The summed E-state index contributed by atoms with van der Waals surface area (Å²) < 4.78 is 4.82. The molecule has 1 fully saturated rings. The van der Waals surface area contributed by atoms with Crippen molar-refractivity contribution in [3.8, 4) is 6.07 Å². The average molecular weight is 168 g/mol. The highest BCUT2D eigenvalue weighted by Gasteiger charge is 2.31. The van der Waals surface area contributed by atoms with E-state index in [1.54, 1.807) is 0 Å². The number of carbonyl (C=O) groups is 1. The first kappa shape index (κ1) is 8.85. The van der Waals surface area contributed by atoms with Crippen LogP contribution in [-0.4, -0.2) is 29.7 Å². The van der Waals surface area contributed by atoms with Gasteiger partial charge < -0.3 is 4.74 Å². The van der Waals surface area contributed by atoms with Crippen LogP contribution < -0.4 is 0 Å². The molecule has 1 heterocycles. The first-order valence-electron chi connectivity index (χ1n) is 4.01. The fourth-order valence-electron chi connectivity index (χ4n) is 1.30. The molecule has 4 heteroatoms. The fourth-order valence-corrected chi connectivity index (χ4v) is 1.30. The molecule has 0 bridgehead atoms. The highest BCUT2D eigenvalue weighted by atomic mass is 16.6. The highest BCUT2D eigenvalue weighted by Crippen LogP contribution is 2.15. The van der Waals surface area contributed by atoms with Crippen LogP contribution in [0, 0.1) is 11.3 Å². The number of cyclic esters (lactones) is 1. The molecular formula is C8H12N2O2. The fraction of sp³-hybridized carbons (Fsp3) is 0.750. The largest absolute Gasteiger partial charge is 0.449 e. The van der Waals surface area contributed by atoms with Crippen molar-refractivity contribution in [3.63, 3.8) is 0 Å². The van der Waals surface area contributed by atoms with Crippen molar-refractivity contribution >= 4 is 6.09 Å². The van der Waals surface area contributed by atoms with E-state index < -0.39 is 0 Å². The molecule has 1 aliphatic rings. The molecule has 1 saturated heterocycles. The molecule has 66 valence electrons. The first-order valence-corrected chi connectivity index (χ1v) is 4.01. The van der Waals surface area contributed by atoms with Crippen molar-refractivity contribution in [1.29, 1.82) is 5.26 Å². The quantitative estimate of drug-likeness (QED) is 0.589. The molecule has 1 aliphatic heterocycles. The summed E-state index contributed by atoms with van der Waals surface area (Å²) in [5, 5.41) is 8.73. The van der Waals surface area contributed by atoms with E-state index in [9.17, 15) is 4.79 Å². The number of amides is 1. The van der Waals surface area contributed by atoms with E-state index in [4.69, 9.17) is 10.00 Å². The van der Waals surface area contributed by atoms with Crippen molar-refractivity contribution in [2.75, 3.05) is 6.61 Å². The standard InChI is InChI=1S/C8H12N2O2/c1-6(2)10-7(5-9)3-4-12-8(10)11/h6-7H,3-4H2,1-2H3. The number of hydrogen-bond acceptors (Lipinski definition) is 3. The van der Waals surface area contributed by atoms with Gasteiger partial charge in [-0.15, -0.1) is 0 Å². The summed E-state index contributed by atoms with van der Waals surface area (Å²) in [7, 11) is 0. The lowest BCUT2D eigenvalue weighted by atomic mass is 10.1. The van der Waals surface area contributed by atoms with Gasteiger partial charge in [0.05, 0.1) is 12.7 Å². The second-order valence-corrected chi connectivity index (χ2v) is 3.05. The van der Waals surface area contributed by atoms with Crippen molar-refractivity contribution < 1.29 is 9.53 Å². The highest BCUT2D eigenvalue weighted by molar-refractivity contribution is 5.69. The summed E-state index contributed by atoms with van der Waals surface area (Å²) in [6, 6.07) is 1.81. The van der Waals surface area contributed by atoms with Crippen molar-refractivity contribution in [1.82, 2.24) is 4.90 Å². The minimum atomic E-state index is -0.372. The summed E-state index contributed by atoms with van der Waals surface area (Å²) >= 11 is 0. The van der Waals surface area contributed by atoms with Gasteiger partial charge in [0.25, 0.3) is 0 Å². The molecule has 1 atom stereocenters. The van der Waals surface area contributed by atoms with Crippen LogP contribution in [0.2, 0.25) is 0 Å². The van der Waals surface area contributed by atoms with E-state index in [1.807, 2.05) is 13.8 Å². The molecular weight excluding hydrogens is 156 g/mol. The van der Waals surface area contributed by atoms with Gasteiger partial charge >= 0.3 is 6.09 Å². The van der Waals surface area contributed by atoms with Crippen molar-refractivity contribution in [3.05, 3.63) is 0 Å². The van der Waals surface area contributed by atoms with E-state index in [2.05, 4.69) is 6.07 Å². The van der Waals surface area contributed by atoms with Crippen molar-refractivity contribution in [2.45, 2.75) is 32.4 Å². The number of ether oxygens (including phenoxy) is 1. The van der Waals surface area contributed by atoms with Gasteiger partial charge in [0.1, 0.15) is 6.04 Å². The third kappa shape index (κ3) is 1.50. The topological polar surface area (TPSA) is 53.3 Å². The Hall–Kier alpha value is -1.24. The molecule has 1 amide bonds. The van der Waals surface area contributed by atoms with E-state index in [0.717, 1.165) is 0 Å². The Morgan fingerprint density at radius 2 is 2.42 bits per heavy atom. The van der Waals surface area contributed by atoms with E-state index in [0.29, 0.717) is 13.0 Å². The Balaban J connectivity index is 2.74. The van der Waals surface area contributed by atoms with Crippen LogP contribution >= 0.6 is 0 Å². The van der Waals surface area contributed by atoms with Gasteiger partial charge in [-0.1, -0.05) is 0 Å². The number of carbonyl (C=O) groups excluding carboxylic acids is 1. The Kier molecular flexibility index (Phi) is 2.54. The summed E-state index contributed by atoms with van der Waals surface area (Å²) in [5.41, 5.74) is 0. The van der Waals surface area contributed by atoms with Gasteiger partial charge in [-0.2, -0.15) is 5.26 Å². The molecule has 12 heavy (non-hydrogen) atoms. The van der Waals surface area contributed by atoms with Crippen LogP contribution in [0.1, 0.15) is 20.3 Å². The minimum absolute atomic E-state index is 0.0300. The van der Waals surface area contributed by atoms with E-state index in [1.165, 1.54) is 4.90 Å². The Morgan fingerprint density at radius 1 is 1.75 bits per heavy atom. The smallest absolute Gasteiger partial charge is 0.411 e. The van der Waals surface area contributed by atoms with E-state index in [-0.39, 0.29) is 18.2 Å². The maximum atomic E-state index is 11.2. The number of nitriles is 1. The van der Waals surface area contributed by atoms with Gasteiger partial charge in [-0.25, -0.2) is 4.79 Å². The number of nitrogens with zero attached hydrogens (tertiary/aromatic N) is 2. The molecule has 0 N–H and O–H groups in total. The normalized spacial score (nSPS) is 23.7. The SMILES string of the molecule is CC(C)N1C(=O)OCCC1C#N.